The van der Waals surface area contributed by atoms with E-state index in [0.29, 0.717) is 0 Å². The summed E-state index contributed by atoms with van der Waals surface area (Å²) in [6.45, 7) is 0.915. The van der Waals surface area contributed by atoms with Crippen molar-refractivity contribution in [3.8, 4) is 0 Å². The maximum Gasteiger partial charge on any atom is 0.240 e. The summed E-state index contributed by atoms with van der Waals surface area (Å²) in [5.41, 5.74) is 0.953. The second-order valence-electron chi connectivity index (χ2n) is 3.86. The van der Waals surface area contributed by atoms with E-state index in [0.717, 1.165) is 18.7 Å². The molecule has 0 aliphatic heterocycles. The Bertz CT molecular complexity index is 444. The molecule has 0 aliphatic rings. The molecular weight excluding hydrogens is 268 g/mol. The first-order valence-corrected chi connectivity index (χ1v) is 8.74. The summed E-state index contributed by atoms with van der Waals surface area (Å²) in [7, 11) is -1.92. The zero-order valence-electron chi connectivity index (χ0n) is 10.8. The molecule has 0 saturated heterocycles. The lowest BCUT2D eigenvalue weighted by Crippen LogP contribution is -2.18. The van der Waals surface area contributed by atoms with Gasteiger partial charge in [0.05, 0.1) is 4.90 Å². The molecule has 0 spiro atoms. The van der Waals surface area contributed by atoms with Gasteiger partial charge in [0, 0.05) is 12.2 Å². The van der Waals surface area contributed by atoms with Crippen LogP contribution in [0.5, 0.6) is 0 Å². The lowest BCUT2D eigenvalue weighted by molar-refractivity contribution is 0.588. The minimum absolute atomic E-state index is 0.290. The SMILES string of the molecule is CNS(=O)(=O)c1ccc(NCCCCSC)cc1. The highest BCUT2D eigenvalue weighted by atomic mass is 32.2. The molecule has 6 heteroatoms. The van der Waals surface area contributed by atoms with Crippen LogP contribution in [-0.4, -0.2) is 34.0 Å². The van der Waals surface area contributed by atoms with E-state index < -0.39 is 10.0 Å². The van der Waals surface area contributed by atoms with Gasteiger partial charge in [0.2, 0.25) is 10.0 Å². The summed E-state index contributed by atoms with van der Waals surface area (Å²) in [5, 5.41) is 3.28. The molecule has 0 unspecified atom stereocenters. The van der Waals surface area contributed by atoms with Gasteiger partial charge in [0.25, 0.3) is 0 Å². The first-order valence-electron chi connectivity index (χ1n) is 5.86. The van der Waals surface area contributed by atoms with Gasteiger partial charge in [-0.25, -0.2) is 13.1 Å². The van der Waals surface area contributed by atoms with E-state index in [-0.39, 0.29) is 4.90 Å². The molecule has 18 heavy (non-hydrogen) atoms. The van der Waals surface area contributed by atoms with Gasteiger partial charge in [0.15, 0.2) is 0 Å². The van der Waals surface area contributed by atoms with E-state index in [1.165, 1.54) is 19.2 Å². The van der Waals surface area contributed by atoms with Gasteiger partial charge >= 0.3 is 0 Å². The largest absolute Gasteiger partial charge is 0.385 e. The number of thioether (sulfide) groups is 1. The summed E-state index contributed by atoms with van der Waals surface area (Å²) < 4.78 is 25.3. The zero-order chi connectivity index (χ0) is 13.4. The standard InChI is InChI=1S/C12H20N2O2S2/c1-13-18(15,16)12-7-5-11(6-8-12)14-9-3-4-10-17-2/h5-8,13-14H,3-4,9-10H2,1-2H3. The number of hydrogen-bond donors (Lipinski definition) is 2. The number of unbranched alkanes of at least 4 members (excludes halogenated alkanes) is 1. The van der Waals surface area contributed by atoms with E-state index in [4.69, 9.17) is 0 Å². The van der Waals surface area contributed by atoms with Crippen molar-refractivity contribution in [1.82, 2.24) is 4.72 Å². The molecule has 0 radical (unpaired) electrons. The Hall–Kier alpha value is -0.720. The molecule has 1 aromatic rings. The summed E-state index contributed by atoms with van der Waals surface area (Å²) >= 11 is 1.85. The number of benzene rings is 1. The third kappa shape index (κ3) is 4.88. The van der Waals surface area contributed by atoms with Gasteiger partial charge in [-0.3, -0.25) is 0 Å². The Morgan fingerprint density at radius 1 is 1.17 bits per heavy atom. The summed E-state index contributed by atoms with van der Waals surface area (Å²) in [4.78, 5) is 0.290. The van der Waals surface area contributed by atoms with Crippen molar-refractivity contribution in [3.05, 3.63) is 24.3 Å². The fourth-order valence-electron chi connectivity index (χ4n) is 1.47. The molecule has 0 aliphatic carbocycles. The predicted octanol–water partition coefficient (Wildman–Crippen LogP) is 2.15. The van der Waals surface area contributed by atoms with E-state index in [2.05, 4.69) is 16.3 Å². The van der Waals surface area contributed by atoms with Gasteiger partial charge < -0.3 is 5.32 Å². The van der Waals surface area contributed by atoms with Crippen LogP contribution in [0.3, 0.4) is 0 Å². The number of sulfonamides is 1. The third-order valence-corrected chi connectivity index (χ3v) is 4.66. The van der Waals surface area contributed by atoms with Crippen molar-refractivity contribution in [1.29, 1.82) is 0 Å². The van der Waals surface area contributed by atoms with Crippen LogP contribution in [0.4, 0.5) is 5.69 Å². The molecule has 0 saturated carbocycles. The molecule has 4 nitrogen and oxygen atoms in total. The second kappa shape index (κ2) is 7.66. The van der Waals surface area contributed by atoms with Crippen LogP contribution in [-0.2, 0) is 10.0 Å². The minimum atomic E-state index is -3.33. The first kappa shape index (κ1) is 15.3. The van der Waals surface area contributed by atoms with Crippen LogP contribution >= 0.6 is 11.8 Å². The van der Waals surface area contributed by atoms with Crippen LogP contribution in [0.2, 0.25) is 0 Å². The Morgan fingerprint density at radius 2 is 1.83 bits per heavy atom. The van der Waals surface area contributed by atoms with Crippen LogP contribution in [0.25, 0.3) is 0 Å². The Morgan fingerprint density at radius 3 is 2.39 bits per heavy atom. The van der Waals surface area contributed by atoms with Crippen molar-refractivity contribution >= 4 is 27.5 Å². The average Bonchev–Trinajstić information content (AvgIpc) is 2.39. The molecule has 1 aromatic carbocycles. The number of hydrogen-bond acceptors (Lipinski definition) is 4. The third-order valence-electron chi connectivity index (χ3n) is 2.54. The summed E-state index contributed by atoms with van der Waals surface area (Å²) in [6.07, 6.45) is 4.42. The van der Waals surface area contributed by atoms with Crippen LogP contribution in [0.1, 0.15) is 12.8 Å². The van der Waals surface area contributed by atoms with Crippen LogP contribution in [0.15, 0.2) is 29.2 Å². The fraction of sp³-hybridized carbons (Fsp3) is 0.500. The van der Waals surface area contributed by atoms with E-state index in [9.17, 15) is 8.42 Å². The van der Waals surface area contributed by atoms with Gasteiger partial charge in [-0.15, -0.1) is 0 Å². The van der Waals surface area contributed by atoms with Gasteiger partial charge in [0.1, 0.15) is 0 Å². The molecule has 0 aromatic heterocycles. The van der Waals surface area contributed by atoms with Gasteiger partial charge in [-0.2, -0.15) is 11.8 Å². The molecule has 0 bridgehead atoms. The van der Waals surface area contributed by atoms with Gasteiger partial charge in [-0.1, -0.05) is 0 Å². The quantitative estimate of drug-likeness (QED) is 0.720. The molecule has 0 fully saturated rings. The van der Waals surface area contributed by atoms with Crippen molar-refractivity contribution in [2.24, 2.45) is 0 Å². The molecule has 0 amide bonds. The first-order chi connectivity index (χ1) is 8.60. The Balaban J connectivity index is 2.46. The van der Waals surface area contributed by atoms with Crippen LogP contribution < -0.4 is 10.0 Å². The topological polar surface area (TPSA) is 58.2 Å². The van der Waals surface area contributed by atoms with Crippen molar-refractivity contribution in [3.63, 3.8) is 0 Å². The van der Waals surface area contributed by atoms with Crippen LogP contribution in [0, 0.1) is 0 Å². The highest BCUT2D eigenvalue weighted by Crippen LogP contribution is 2.13. The van der Waals surface area contributed by atoms with E-state index in [1.54, 1.807) is 24.3 Å². The van der Waals surface area contributed by atoms with Crippen molar-refractivity contribution in [2.45, 2.75) is 17.7 Å². The highest BCUT2D eigenvalue weighted by Gasteiger charge is 2.09. The lowest BCUT2D eigenvalue weighted by atomic mass is 10.3. The maximum absolute atomic E-state index is 11.5. The van der Waals surface area contributed by atoms with Crippen molar-refractivity contribution < 1.29 is 8.42 Å². The van der Waals surface area contributed by atoms with Crippen molar-refractivity contribution in [2.75, 3.05) is 30.9 Å². The summed E-state index contributed by atoms with van der Waals surface area (Å²) in [5.74, 6) is 1.18. The second-order valence-corrected chi connectivity index (χ2v) is 6.73. The number of rotatable bonds is 8. The molecule has 0 atom stereocenters. The zero-order valence-corrected chi connectivity index (χ0v) is 12.4. The molecule has 102 valence electrons. The van der Waals surface area contributed by atoms with Gasteiger partial charge in [-0.05, 0) is 56.2 Å². The normalized spacial score (nSPS) is 11.4. The molecule has 1 rings (SSSR count). The lowest BCUT2D eigenvalue weighted by Gasteiger charge is -2.07. The average molecular weight is 288 g/mol. The monoisotopic (exact) mass is 288 g/mol. The molecule has 2 N–H and O–H groups in total. The fourth-order valence-corrected chi connectivity index (χ4v) is 2.70. The Labute approximate surface area is 114 Å². The smallest absolute Gasteiger partial charge is 0.240 e. The van der Waals surface area contributed by atoms with E-state index in [1.807, 2.05) is 11.8 Å². The summed E-state index contributed by atoms with van der Waals surface area (Å²) in [6, 6.07) is 6.80. The maximum atomic E-state index is 11.5. The number of anilines is 1. The minimum Gasteiger partial charge on any atom is -0.385 e. The molecular formula is C12H20N2O2S2. The number of nitrogens with one attached hydrogen (secondary N) is 2. The van der Waals surface area contributed by atoms with E-state index >= 15 is 0 Å². The molecule has 0 heterocycles. The Kier molecular flexibility index (Phi) is 6.52. The highest BCUT2D eigenvalue weighted by molar-refractivity contribution is 7.98. The predicted molar refractivity (Wildman–Crippen MR) is 78.8 cm³/mol.